The van der Waals surface area contributed by atoms with E-state index in [4.69, 9.17) is 4.74 Å². The van der Waals surface area contributed by atoms with Gasteiger partial charge in [0.25, 0.3) is 0 Å². The van der Waals surface area contributed by atoms with Gasteiger partial charge in [0.05, 0.1) is 12.3 Å². The minimum Gasteiger partial charge on any atom is -0.494 e. The van der Waals surface area contributed by atoms with E-state index >= 15 is 0 Å². The number of hydrogen-bond acceptors (Lipinski definition) is 3. The lowest BCUT2D eigenvalue weighted by Gasteiger charge is -2.34. The second-order valence-corrected chi connectivity index (χ2v) is 6.89. The third-order valence-corrected chi connectivity index (χ3v) is 4.48. The van der Waals surface area contributed by atoms with Crippen LogP contribution in [0.4, 0.5) is 0 Å². The Morgan fingerprint density at radius 3 is 2.52 bits per heavy atom. The fourth-order valence-electron chi connectivity index (χ4n) is 3.60. The third kappa shape index (κ3) is 4.58. The third-order valence-electron chi connectivity index (χ3n) is 4.48. The first-order valence-corrected chi connectivity index (χ1v) is 8.66. The van der Waals surface area contributed by atoms with E-state index in [0.717, 1.165) is 48.4 Å². The predicted octanol–water partition coefficient (Wildman–Crippen LogP) is 3.82. The minimum absolute atomic E-state index is 0.779. The number of aromatic nitrogens is 2. The SMILES string of the molecule is C[C@@H]1C[C@@H](C)CN(CCCOc2ccc(-c3cc[nH]n3)cc2)C1. The zero-order chi connectivity index (χ0) is 16.1. The Hall–Kier alpha value is -1.81. The summed E-state index contributed by atoms with van der Waals surface area (Å²) in [4.78, 5) is 2.59. The molecule has 0 aliphatic carbocycles. The van der Waals surface area contributed by atoms with Crippen LogP contribution in [0.15, 0.2) is 36.5 Å². The number of rotatable bonds is 6. The van der Waals surface area contributed by atoms with E-state index in [1.54, 1.807) is 0 Å². The van der Waals surface area contributed by atoms with Crippen molar-refractivity contribution in [2.75, 3.05) is 26.2 Å². The second-order valence-electron chi connectivity index (χ2n) is 6.89. The van der Waals surface area contributed by atoms with Gasteiger partial charge < -0.3 is 9.64 Å². The average molecular weight is 313 g/mol. The van der Waals surface area contributed by atoms with Crippen molar-refractivity contribution in [3.05, 3.63) is 36.5 Å². The molecule has 0 bridgehead atoms. The lowest BCUT2D eigenvalue weighted by atomic mass is 9.92. The normalized spacial score (nSPS) is 22.2. The summed E-state index contributed by atoms with van der Waals surface area (Å²) < 4.78 is 5.87. The van der Waals surface area contributed by atoms with Gasteiger partial charge in [-0.2, -0.15) is 5.10 Å². The van der Waals surface area contributed by atoms with Gasteiger partial charge >= 0.3 is 0 Å². The van der Waals surface area contributed by atoms with Gasteiger partial charge in [0.1, 0.15) is 5.75 Å². The number of benzene rings is 1. The standard InChI is InChI=1S/C19H27N3O/c1-15-12-16(2)14-22(13-15)10-3-11-23-18-6-4-17(5-7-18)19-8-9-20-21-19/h4-9,15-16H,3,10-14H2,1-2H3,(H,20,21)/t15-,16-/m1/s1. The van der Waals surface area contributed by atoms with Gasteiger partial charge in [-0.05, 0) is 55.0 Å². The number of piperidine rings is 1. The van der Waals surface area contributed by atoms with E-state index in [1.165, 1.54) is 19.5 Å². The van der Waals surface area contributed by atoms with E-state index in [1.807, 2.05) is 24.4 Å². The lowest BCUT2D eigenvalue weighted by Crippen LogP contribution is -2.39. The van der Waals surface area contributed by atoms with Crippen molar-refractivity contribution in [3.8, 4) is 17.0 Å². The Kier molecular flexibility index (Phi) is 5.34. The molecular weight excluding hydrogens is 286 g/mol. The average Bonchev–Trinajstić information content (AvgIpc) is 3.06. The summed E-state index contributed by atoms with van der Waals surface area (Å²) in [5, 5.41) is 7.02. The molecular formula is C19H27N3O. The van der Waals surface area contributed by atoms with Gasteiger partial charge in [-0.3, -0.25) is 5.10 Å². The molecule has 1 N–H and O–H groups in total. The molecule has 0 unspecified atom stereocenters. The first-order chi connectivity index (χ1) is 11.2. The van der Waals surface area contributed by atoms with Crippen LogP contribution in [0.2, 0.25) is 0 Å². The van der Waals surface area contributed by atoms with E-state index in [0.29, 0.717) is 0 Å². The zero-order valence-corrected chi connectivity index (χ0v) is 14.2. The van der Waals surface area contributed by atoms with Gasteiger partial charge in [-0.1, -0.05) is 13.8 Å². The molecule has 0 saturated carbocycles. The monoisotopic (exact) mass is 313 g/mol. The van der Waals surface area contributed by atoms with E-state index < -0.39 is 0 Å². The summed E-state index contributed by atoms with van der Waals surface area (Å²) in [6.45, 7) is 9.12. The highest BCUT2D eigenvalue weighted by atomic mass is 16.5. The van der Waals surface area contributed by atoms with Crippen molar-refractivity contribution in [2.24, 2.45) is 11.8 Å². The lowest BCUT2D eigenvalue weighted by molar-refractivity contribution is 0.132. The molecule has 1 aromatic heterocycles. The van der Waals surface area contributed by atoms with E-state index in [9.17, 15) is 0 Å². The Morgan fingerprint density at radius 1 is 1.13 bits per heavy atom. The summed E-state index contributed by atoms with van der Waals surface area (Å²) in [6.07, 6.45) is 4.29. The van der Waals surface area contributed by atoms with Crippen molar-refractivity contribution in [2.45, 2.75) is 26.7 Å². The molecule has 3 rings (SSSR count). The van der Waals surface area contributed by atoms with Crippen molar-refractivity contribution >= 4 is 0 Å². The minimum atomic E-state index is 0.779. The first-order valence-electron chi connectivity index (χ1n) is 8.66. The van der Waals surface area contributed by atoms with Crippen LogP contribution in [-0.4, -0.2) is 41.3 Å². The molecule has 2 heterocycles. The van der Waals surface area contributed by atoms with Crippen LogP contribution in [0.25, 0.3) is 11.3 Å². The fourth-order valence-corrected chi connectivity index (χ4v) is 3.60. The summed E-state index contributed by atoms with van der Waals surface area (Å²) in [6, 6.07) is 10.1. The Balaban J connectivity index is 1.40. The quantitative estimate of drug-likeness (QED) is 0.824. The number of ether oxygens (including phenoxy) is 1. The Bertz CT molecular complexity index is 569. The maximum Gasteiger partial charge on any atom is 0.119 e. The fraction of sp³-hybridized carbons (Fsp3) is 0.526. The summed E-state index contributed by atoms with van der Waals surface area (Å²) >= 11 is 0. The first kappa shape index (κ1) is 16.1. The highest BCUT2D eigenvalue weighted by molar-refractivity contribution is 5.59. The maximum absolute atomic E-state index is 5.87. The molecule has 0 radical (unpaired) electrons. The molecule has 1 aliphatic rings. The molecule has 1 aromatic carbocycles. The van der Waals surface area contributed by atoms with Crippen molar-refractivity contribution < 1.29 is 4.74 Å². The summed E-state index contributed by atoms with van der Waals surface area (Å²) in [5.74, 6) is 2.59. The smallest absolute Gasteiger partial charge is 0.119 e. The predicted molar refractivity (Wildman–Crippen MR) is 93.5 cm³/mol. The molecule has 1 saturated heterocycles. The molecule has 1 aliphatic heterocycles. The summed E-state index contributed by atoms with van der Waals surface area (Å²) in [7, 11) is 0. The van der Waals surface area contributed by atoms with Crippen LogP contribution in [0, 0.1) is 11.8 Å². The van der Waals surface area contributed by atoms with Gasteiger partial charge in [0, 0.05) is 31.4 Å². The van der Waals surface area contributed by atoms with Crippen LogP contribution in [0.1, 0.15) is 26.7 Å². The molecule has 4 nitrogen and oxygen atoms in total. The summed E-state index contributed by atoms with van der Waals surface area (Å²) in [5.41, 5.74) is 2.07. The zero-order valence-electron chi connectivity index (χ0n) is 14.2. The Morgan fingerprint density at radius 2 is 1.87 bits per heavy atom. The molecule has 1 fully saturated rings. The number of hydrogen-bond donors (Lipinski definition) is 1. The number of likely N-dealkylation sites (tertiary alicyclic amines) is 1. The molecule has 23 heavy (non-hydrogen) atoms. The molecule has 2 atom stereocenters. The van der Waals surface area contributed by atoms with Gasteiger partial charge in [0.15, 0.2) is 0 Å². The number of H-pyrrole nitrogens is 1. The van der Waals surface area contributed by atoms with Gasteiger partial charge in [-0.25, -0.2) is 0 Å². The van der Waals surface area contributed by atoms with Crippen molar-refractivity contribution in [3.63, 3.8) is 0 Å². The van der Waals surface area contributed by atoms with Crippen molar-refractivity contribution in [1.82, 2.24) is 15.1 Å². The van der Waals surface area contributed by atoms with Crippen molar-refractivity contribution in [1.29, 1.82) is 0 Å². The second kappa shape index (κ2) is 7.64. The molecule has 0 amide bonds. The van der Waals surface area contributed by atoms with Crippen LogP contribution >= 0.6 is 0 Å². The van der Waals surface area contributed by atoms with Crippen LogP contribution in [0.3, 0.4) is 0 Å². The van der Waals surface area contributed by atoms with Gasteiger partial charge in [-0.15, -0.1) is 0 Å². The molecule has 124 valence electrons. The highest BCUT2D eigenvalue weighted by Crippen LogP contribution is 2.22. The Labute approximate surface area is 138 Å². The largest absolute Gasteiger partial charge is 0.494 e. The molecule has 4 heteroatoms. The number of nitrogens with one attached hydrogen (secondary N) is 1. The van der Waals surface area contributed by atoms with Gasteiger partial charge in [0.2, 0.25) is 0 Å². The highest BCUT2D eigenvalue weighted by Gasteiger charge is 2.20. The van der Waals surface area contributed by atoms with Crippen LogP contribution < -0.4 is 4.74 Å². The molecule has 0 spiro atoms. The number of nitrogens with zero attached hydrogens (tertiary/aromatic N) is 2. The van der Waals surface area contributed by atoms with Crippen LogP contribution in [-0.2, 0) is 0 Å². The molecule has 2 aromatic rings. The van der Waals surface area contributed by atoms with E-state index in [-0.39, 0.29) is 0 Å². The van der Waals surface area contributed by atoms with E-state index in [2.05, 4.69) is 41.1 Å². The number of aromatic amines is 1. The maximum atomic E-state index is 5.87. The topological polar surface area (TPSA) is 41.1 Å². The van der Waals surface area contributed by atoms with Crippen LogP contribution in [0.5, 0.6) is 5.75 Å².